The standard InChI is InChI=1S/C81H134N6O58/c1-19-43(104)55(116)58(119)75(127-19)125-18-36-63(52(113)38(70(122)128-36)83-21(3)97)138-72-40(85-23(5)99)54(115)62(34(16-95)134-72)139-76-59(120)66(141-79-69(57(118)47(108)30(12-91)133-79)143-73-41(86-24(6)100)53(114)61(33(15-94)135-73)137-71-39(84-22(4)98)51(112)45(106)28(10-89)129-71)50(111)35(136-76)17-126-78-68(56(117)46(107)29(11-90)132-78)142-74-42(87-25(7)101)64(48(109)31(13-92)130-74)140-77-60(121)67(49(110)32(14-93)131-77)145-81(80(123)124)8-26(102)37(82-20(2)96)65(144-81)44(105)27(103)9-88/h19,26-79,88-95,102-122H,8-18H2,1-7H3,(H,82,96)(H,83,97)(H,84,98)(H,85,99)(H,86,100)(H,87,101)(H,123,124)/t19-,26-,27+,28+,29+,30+,31+,32+,33+,34+,35+,36+,37+,38+,39+,40+,41+,42+,43+,44+,45-,46+,47+,48+,49-,50+,51-,52+,53+,54+,55+,56-,57-,58-,59-,60+,61+,62+,63+,64+,65+,66-,67-,68-,69-,70+,71-,72-,73-,74-,75+,76-,77-,78-,79+,81-/m0/s1. The van der Waals surface area contributed by atoms with Gasteiger partial charge in [-0.15, -0.1) is 0 Å². The summed E-state index contributed by atoms with van der Waals surface area (Å²) in [6.07, 6.45) is -109. The van der Waals surface area contributed by atoms with Gasteiger partial charge in [-0.2, -0.15) is 0 Å². The van der Waals surface area contributed by atoms with E-state index in [0.29, 0.717) is 0 Å². The highest BCUT2D eigenvalue weighted by Crippen LogP contribution is 2.44. The lowest BCUT2D eigenvalue weighted by Crippen LogP contribution is -2.71. The number of amides is 6. The van der Waals surface area contributed by atoms with Crippen LogP contribution in [0.5, 0.6) is 0 Å². The second-order valence-corrected chi connectivity index (χ2v) is 36.7. The van der Waals surface area contributed by atoms with Gasteiger partial charge in [-0.05, 0) is 6.92 Å². The van der Waals surface area contributed by atoms with E-state index < -0.39 is 457 Å². The van der Waals surface area contributed by atoms with Crippen LogP contribution in [-0.4, -0.2) is 604 Å². The van der Waals surface area contributed by atoms with E-state index in [1.165, 1.54) is 6.92 Å². The van der Waals surface area contributed by atoms with Crippen LogP contribution in [0.3, 0.4) is 0 Å². The summed E-state index contributed by atoms with van der Waals surface area (Å²) < 4.78 is 126. The summed E-state index contributed by atoms with van der Waals surface area (Å²) in [6, 6.07) is -11.6. The van der Waals surface area contributed by atoms with Crippen LogP contribution in [0, 0.1) is 0 Å². The Bertz CT molecular complexity index is 4150. The first-order valence-electron chi connectivity index (χ1n) is 46.1. The molecule has 0 aromatic carbocycles. The van der Waals surface area contributed by atoms with E-state index in [-0.39, 0.29) is 0 Å². The molecule has 11 aliphatic rings. The molecule has 0 aromatic heterocycles. The second kappa shape index (κ2) is 51.8. The average molecular weight is 2120 g/mol. The largest absolute Gasteiger partial charge is 0.477 e. The number of carbonyl (C=O) groups excluding carboxylic acids is 6. The monoisotopic (exact) mass is 2120 g/mol. The van der Waals surface area contributed by atoms with Gasteiger partial charge in [0.15, 0.2) is 62.9 Å². The van der Waals surface area contributed by atoms with E-state index >= 15 is 0 Å². The maximum Gasteiger partial charge on any atom is 0.364 e. The summed E-state index contributed by atoms with van der Waals surface area (Å²) in [5, 5.41) is 355. The van der Waals surface area contributed by atoms with E-state index in [1.807, 2.05) is 0 Å². The first-order chi connectivity index (χ1) is 68.4. The molecule has 836 valence electrons. The molecule has 64 nitrogen and oxygen atoms in total. The molecule has 11 aliphatic heterocycles. The Morgan fingerprint density at radius 3 is 1.10 bits per heavy atom. The second-order valence-electron chi connectivity index (χ2n) is 36.7. The minimum atomic E-state index is -3.37. The topological polar surface area (TPSA) is 992 Å². The van der Waals surface area contributed by atoms with Crippen molar-refractivity contribution in [1.82, 2.24) is 31.9 Å². The molecule has 64 heteroatoms. The van der Waals surface area contributed by atoms with Crippen LogP contribution in [0.4, 0.5) is 0 Å². The van der Waals surface area contributed by atoms with Crippen LogP contribution in [-0.2, 0) is 133 Å². The van der Waals surface area contributed by atoms with Gasteiger partial charge in [0.25, 0.3) is 5.79 Å². The number of rotatable bonds is 39. The molecule has 0 radical (unpaired) electrons. The molecule has 6 amide bonds. The Hall–Kier alpha value is -5.71. The quantitative estimate of drug-likeness (QED) is 0.0272. The van der Waals surface area contributed by atoms with Crippen molar-refractivity contribution < 1.29 is 286 Å². The zero-order valence-electron chi connectivity index (χ0n) is 78.4. The number of carboxylic acid groups (broad SMARTS) is 1. The molecule has 11 rings (SSSR count). The predicted molar refractivity (Wildman–Crippen MR) is 448 cm³/mol. The summed E-state index contributed by atoms with van der Waals surface area (Å²) >= 11 is 0. The summed E-state index contributed by atoms with van der Waals surface area (Å²) in [5.74, 6) is -11.4. The fourth-order valence-corrected chi connectivity index (χ4v) is 18.8. The third-order valence-corrected chi connectivity index (χ3v) is 26.3. The summed E-state index contributed by atoms with van der Waals surface area (Å²) in [4.78, 5) is 90.9. The third-order valence-electron chi connectivity index (χ3n) is 26.3. The van der Waals surface area contributed by atoms with Crippen molar-refractivity contribution in [1.29, 1.82) is 0 Å². The molecule has 11 heterocycles. The zero-order chi connectivity index (χ0) is 107. The molecule has 36 N–H and O–H groups in total. The summed E-state index contributed by atoms with van der Waals surface area (Å²) in [6.45, 7) is -5.30. The van der Waals surface area contributed by atoms with Crippen LogP contribution in [0.15, 0.2) is 0 Å². The van der Waals surface area contributed by atoms with Gasteiger partial charge >= 0.3 is 5.97 Å². The summed E-state index contributed by atoms with van der Waals surface area (Å²) in [7, 11) is 0. The molecule has 0 spiro atoms. The highest BCUT2D eigenvalue weighted by molar-refractivity contribution is 5.77. The van der Waals surface area contributed by atoms with Crippen molar-refractivity contribution in [2.45, 2.75) is 398 Å². The Balaban J connectivity index is 0.937. The molecule has 145 heavy (non-hydrogen) atoms. The number of nitrogens with one attached hydrogen (secondary N) is 6. The van der Waals surface area contributed by atoms with Crippen LogP contribution in [0.2, 0.25) is 0 Å². The maximum atomic E-state index is 13.5. The van der Waals surface area contributed by atoms with Crippen molar-refractivity contribution in [2.24, 2.45) is 0 Å². The fraction of sp³-hybridized carbons (Fsp3) is 0.914. The molecule has 0 saturated carbocycles. The molecular formula is C81H134N6O58. The number of carbonyl (C=O) groups is 7. The number of aliphatic hydroxyl groups is 29. The molecule has 0 bridgehead atoms. The van der Waals surface area contributed by atoms with Crippen LogP contribution in [0.25, 0.3) is 0 Å². The SMILES string of the molecule is CC(=O)N[C@@H]1[C@@H](O)[C@H](O[C@@H]2O[C@H](CO)[C@@H](O[C@@H]3O[C@H](CO[C@H]4O[C@H](CO)[C@@H](O)[C@H](O)[C@@H]4O[C@@H]4O[C@H](CO)[C@@H](O)[C@H](O[C@@H]5O[C@H](CO)[C@H](O)[C@H](O[C@]6(C(=O)O)C[C@H](O)[C@@H](NC(C)=O)[C@H]([C@H](O)[C@H](O)CO)O6)[C@H]5O)[C@H]4NC(C)=O)[C@@H](O)[C@H](O[C@H]4O[C@H](CO)[C@@H](O)[C@H](O)[C@@H]4O[C@@H]4O[C@H](CO)[C@@H](O[C@@H]5O[C@H](CO)[C@H](O)[C@@H](O)[C@H]5NC(C)=O)[C@H](O)[C@H]4NC(C)=O)[C@@H]3O)[C@H](O)[C@H]2NC(C)=O)[C@@H](CO[C@@H]2O[C@@H](C)[C@@H](O)[C@@H](O)[C@@H]2O)O[C@H]1O. The molecule has 11 fully saturated rings. The first-order valence-corrected chi connectivity index (χ1v) is 46.1. The predicted octanol–water partition coefficient (Wildman–Crippen LogP) is -23.9. The number of aliphatic carboxylic acids is 1. The summed E-state index contributed by atoms with van der Waals surface area (Å²) in [5.41, 5.74) is 0. The van der Waals surface area contributed by atoms with Crippen molar-refractivity contribution in [2.75, 3.05) is 66.1 Å². The van der Waals surface area contributed by atoms with Gasteiger partial charge in [-0.1, -0.05) is 0 Å². The van der Waals surface area contributed by atoms with E-state index in [4.69, 9.17) is 99.5 Å². The van der Waals surface area contributed by atoms with Gasteiger partial charge in [0.2, 0.25) is 35.4 Å². The van der Waals surface area contributed by atoms with Crippen LogP contribution in [0.1, 0.15) is 54.9 Å². The molecule has 56 atom stereocenters. The first kappa shape index (κ1) is 120. The minimum absolute atomic E-state index is 0.843. The zero-order valence-corrected chi connectivity index (χ0v) is 78.4. The van der Waals surface area contributed by atoms with Gasteiger partial charge in [0.05, 0.1) is 84.3 Å². The molecule has 0 aromatic rings. The van der Waals surface area contributed by atoms with Crippen molar-refractivity contribution >= 4 is 41.4 Å². The average Bonchev–Trinajstić information content (AvgIpc) is 0.729. The lowest BCUT2D eigenvalue weighted by molar-refractivity contribution is -0.399. The smallest absolute Gasteiger partial charge is 0.364 e. The van der Waals surface area contributed by atoms with E-state index in [1.54, 1.807) is 0 Å². The number of carboxylic acids is 1. The van der Waals surface area contributed by atoms with Crippen molar-refractivity contribution in [3.05, 3.63) is 0 Å². The highest BCUT2D eigenvalue weighted by Gasteiger charge is 2.65. The molecule has 0 unspecified atom stereocenters. The lowest BCUT2D eigenvalue weighted by atomic mass is 9.88. The van der Waals surface area contributed by atoms with Crippen LogP contribution < -0.4 is 31.9 Å². The molecule has 11 saturated heterocycles. The highest BCUT2D eigenvalue weighted by atomic mass is 16.8. The molecule has 0 aliphatic carbocycles. The van der Waals surface area contributed by atoms with Gasteiger partial charge in [-0.25, -0.2) is 4.79 Å². The van der Waals surface area contributed by atoms with Crippen molar-refractivity contribution in [3.8, 4) is 0 Å². The number of aliphatic hydroxyl groups excluding tert-OH is 29. The Labute approximate surface area is 821 Å². The van der Waals surface area contributed by atoms with Gasteiger partial charge in [-0.3, -0.25) is 28.8 Å². The molecular weight excluding hydrogens is 1980 g/mol. The van der Waals surface area contributed by atoms with Gasteiger partial charge in [0.1, 0.15) is 256 Å². The van der Waals surface area contributed by atoms with E-state index in [9.17, 15) is 187 Å². The van der Waals surface area contributed by atoms with E-state index in [0.717, 1.165) is 41.5 Å². The fourth-order valence-electron chi connectivity index (χ4n) is 18.8. The number of hydrogen-bond donors (Lipinski definition) is 36. The lowest BCUT2D eigenvalue weighted by Gasteiger charge is -2.51. The number of hydrogen-bond acceptors (Lipinski definition) is 57. The third kappa shape index (κ3) is 26.9. The van der Waals surface area contributed by atoms with E-state index in [2.05, 4.69) is 31.9 Å². The maximum absolute atomic E-state index is 13.5. The Morgan fingerprint density at radius 2 is 0.628 bits per heavy atom. The van der Waals surface area contributed by atoms with Crippen LogP contribution >= 0.6 is 0 Å². The Morgan fingerprint density at radius 1 is 0.297 bits per heavy atom. The van der Waals surface area contributed by atoms with Gasteiger partial charge < -0.3 is 285 Å². The Kier molecular flexibility index (Phi) is 42.7. The number of ether oxygens (including phenoxy) is 21. The minimum Gasteiger partial charge on any atom is -0.477 e. The van der Waals surface area contributed by atoms with Gasteiger partial charge in [0, 0.05) is 48.0 Å². The normalized spacial score (nSPS) is 47.2. The van der Waals surface area contributed by atoms with Crippen molar-refractivity contribution in [3.63, 3.8) is 0 Å².